The maximum atomic E-state index is 14.0. The predicted octanol–water partition coefficient (Wildman–Crippen LogP) is 8.68. The Kier molecular flexibility index (Phi) is 35.7. The van der Waals surface area contributed by atoms with Crippen molar-refractivity contribution in [2.45, 2.75) is 236 Å². The Bertz CT molecular complexity index is 2890. The van der Waals surface area contributed by atoms with Gasteiger partial charge in [-0.25, -0.2) is 0 Å². The fraction of sp³-hybridized carbons (Fsp3) is 0.750. The van der Waals surface area contributed by atoms with E-state index in [4.69, 9.17) is 47.4 Å². The quantitative estimate of drug-likeness (QED) is 0.0512. The first-order chi connectivity index (χ1) is 48.7. The maximum Gasteiger partial charge on any atom is 0.320 e. The van der Waals surface area contributed by atoms with E-state index < -0.39 is 105 Å². The van der Waals surface area contributed by atoms with E-state index in [9.17, 15) is 38.4 Å². The Morgan fingerprint density at radius 2 is 0.443 bits per heavy atom. The Hall–Kier alpha value is -6.20. The summed E-state index contributed by atoms with van der Waals surface area (Å²) in [5, 5.41) is 0. The lowest BCUT2D eigenvalue weighted by Crippen LogP contribution is -2.51. The molecule has 0 saturated carbocycles. The van der Waals surface area contributed by atoms with Crippen LogP contribution in [0.2, 0.25) is 0 Å². The molecule has 2 aromatic rings. The molecule has 0 N–H and O–H groups in total. The van der Waals surface area contributed by atoms with E-state index >= 15 is 0 Å². The largest absolute Gasteiger partial charge is 0.459 e. The third-order valence-electron chi connectivity index (χ3n) is 15.9. The van der Waals surface area contributed by atoms with Crippen LogP contribution in [0.15, 0.2) is 48.5 Å². The number of hydrogen-bond acceptors (Lipinski definition) is 26. The van der Waals surface area contributed by atoms with Crippen molar-refractivity contribution in [3.8, 4) is 0 Å². The second kappa shape index (κ2) is 41.0. The molecule has 0 bridgehead atoms. The fourth-order valence-electron chi connectivity index (χ4n) is 11.9. The van der Waals surface area contributed by atoms with E-state index in [1.54, 1.807) is 0 Å². The zero-order valence-electron chi connectivity index (χ0n) is 69.1. The van der Waals surface area contributed by atoms with Gasteiger partial charge in [0.25, 0.3) is 0 Å². The van der Waals surface area contributed by atoms with Gasteiger partial charge in [0.05, 0.1) is 78.8 Å². The number of carbonyl (C=O) groups is 8. The first kappa shape index (κ1) is 92.2. The van der Waals surface area contributed by atoms with Crippen LogP contribution in [-0.2, 0) is 98.9 Å². The minimum atomic E-state index is -0.779. The minimum absolute atomic E-state index is 0.0247. The van der Waals surface area contributed by atoms with Crippen molar-refractivity contribution < 1.29 is 85.7 Å². The van der Waals surface area contributed by atoms with Gasteiger partial charge in [-0.1, -0.05) is 48.5 Å². The molecule has 0 aromatic heterocycles. The summed E-state index contributed by atoms with van der Waals surface area (Å²) >= 11 is 0. The van der Waals surface area contributed by atoms with Crippen molar-refractivity contribution in [2.75, 3.05) is 157 Å². The highest BCUT2D eigenvalue weighted by atomic mass is 16.6. The lowest BCUT2D eigenvalue weighted by molar-refractivity contribution is -0.160. The van der Waals surface area contributed by atoms with Gasteiger partial charge in [-0.2, -0.15) is 0 Å². The highest BCUT2D eigenvalue weighted by Crippen LogP contribution is 2.28. The third kappa shape index (κ3) is 41.4. The molecule has 0 spiro atoms. The molecule has 2 atom stereocenters. The van der Waals surface area contributed by atoms with E-state index in [1.807, 2.05) is 254 Å². The highest BCUT2D eigenvalue weighted by Gasteiger charge is 2.35. The molecular formula is C80H134N8O18. The molecule has 0 aliphatic carbocycles. The second-order valence-corrected chi connectivity index (χ2v) is 35.8. The van der Waals surface area contributed by atoms with Gasteiger partial charge >= 0.3 is 47.8 Å². The Morgan fingerprint density at radius 3 is 0.651 bits per heavy atom. The normalized spacial score (nSPS) is 18.6. The number of ether oxygens (including phenoxy) is 10. The number of benzene rings is 2. The van der Waals surface area contributed by atoms with Gasteiger partial charge in [0.1, 0.15) is 44.8 Å². The van der Waals surface area contributed by atoms with Crippen LogP contribution >= 0.6 is 0 Å². The molecule has 2 unspecified atom stereocenters. The van der Waals surface area contributed by atoms with Crippen LogP contribution in [0.4, 0.5) is 0 Å². The van der Waals surface area contributed by atoms with Crippen molar-refractivity contribution in [3.05, 3.63) is 70.8 Å². The molecule has 4 rings (SSSR count). The van der Waals surface area contributed by atoms with E-state index in [-0.39, 0.29) is 91.9 Å². The monoisotopic (exact) mass is 1490 g/mol. The molecule has 0 amide bonds. The summed E-state index contributed by atoms with van der Waals surface area (Å²) in [6, 6.07) is 14.9. The van der Waals surface area contributed by atoms with Crippen LogP contribution in [0.1, 0.15) is 201 Å². The summed E-state index contributed by atoms with van der Waals surface area (Å²) in [6.07, 6.45) is 0. The van der Waals surface area contributed by atoms with Crippen LogP contribution in [-0.4, -0.2) is 289 Å². The van der Waals surface area contributed by atoms with Crippen molar-refractivity contribution in [3.63, 3.8) is 0 Å². The molecule has 106 heavy (non-hydrogen) atoms. The van der Waals surface area contributed by atoms with Gasteiger partial charge in [-0.15, -0.1) is 0 Å². The summed E-state index contributed by atoms with van der Waals surface area (Å²) in [5.74, 6) is -3.36. The van der Waals surface area contributed by atoms with E-state index in [1.165, 1.54) is 0 Å². The molecule has 2 heterocycles. The number of rotatable bonds is 25. The maximum absolute atomic E-state index is 14.0. The van der Waals surface area contributed by atoms with E-state index in [0.29, 0.717) is 78.5 Å². The molecular weight excluding hydrogens is 1360 g/mol. The van der Waals surface area contributed by atoms with E-state index in [0.717, 1.165) is 22.3 Å². The van der Waals surface area contributed by atoms with Gasteiger partial charge in [0.2, 0.25) is 0 Å². The van der Waals surface area contributed by atoms with Gasteiger partial charge < -0.3 is 47.4 Å². The number of hydrogen-bond donors (Lipinski definition) is 0. The fourth-order valence-corrected chi connectivity index (χ4v) is 11.9. The van der Waals surface area contributed by atoms with Crippen LogP contribution in [0.5, 0.6) is 0 Å². The number of carbonyl (C=O) groups excluding carboxylic acids is 8. The lowest BCUT2D eigenvalue weighted by atomic mass is 10.0. The molecule has 2 fully saturated rings. The molecule has 2 saturated heterocycles. The highest BCUT2D eigenvalue weighted by molar-refractivity contribution is 5.75. The van der Waals surface area contributed by atoms with Crippen LogP contribution in [0.25, 0.3) is 0 Å². The van der Waals surface area contributed by atoms with E-state index in [2.05, 4.69) is 0 Å². The summed E-state index contributed by atoms with van der Waals surface area (Å²) in [5.41, 5.74) is -2.51. The minimum Gasteiger partial charge on any atom is -0.459 e. The summed E-state index contributed by atoms with van der Waals surface area (Å²) in [6.45, 7) is 48.9. The average molecular weight is 1500 g/mol. The standard InChI is InChI=1S/C80H134N8O18/c1-73(2,3)99-65(89)49-81-33-35-83(51-67(91)101-75(7,8)9)41-43-87(55-71(95)105-79(19,20)21)63(47-85(39-37-81)53-69(93)103-77(13,14)15)61-29-25-59(26-30-61)57-97-45-46-98-58-60-27-31-62(32-28-60)64-48-86(54-70(94)104-78(16,17)18)40-38-82(50-66(90)100-74(4,5)6)34-36-84(52-68(92)102-76(10,11)12)42-44-88(64)56-72(96)106-80(22,23)24/h25-32,63-64H,33-58H2,1-24H3. The summed E-state index contributed by atoms with van der Waals surface area (Å²) < 4.78 is 59.2. The Balaban J connectivity index is 1.65. The van der Waals surface area contributed by atoms with Crippen molar-refractivity contribution in [1.82, 2.24) is 39.2 Å². The van der Waals surface area contributed by atoms with Crippen molar-refractivity contribution in [2.24, 2.45) is 0 Å². The average Bonchev–Trinajstić information content (AvgIpc) is 0.829. The summed E-state index contributed by atoms with van der Waals surface area (Å²) in [7, 11) is 0. The summed E-state index contributed by atoms with van der Waals surface area (Å²) in [4.78, 5) is 126. The molecule has 2 aliphatic rings. The number of esters is 8. The van der Waals surface area contributed by atoms with Crippen molar-refractivity contribution >= 4 is 47.8 Å². The Labute approximate surface area is 634 Å². The Morgan fingerprint density at radius 1 is 0.264 bits per heavy atom. The van der Waals surface area contributed by atoms with Gasteiger partial charge in [0.15, 0.2) is 0 Å². The van der Waals surface area contributed by atoms with Gasteiger partial charge in [-0.3, -0.25) is 77.6 Å². The van der Waals surface area contributed by atoms with Crippen LogP contribution < -0.4 is 0 Å². The smallest absolute Gasteiger partial charge is 0.320 e. The van der Waals surface area contributed by atoms with Gasteiger partial charge in [0, 0.05) is 104 Å². The third-order valence-corrected chi connectivity index (χ3v) is 15.9. The molecule has 26 nitrogen and oxygen atoms in total. The first-order valence-corrected chi connectivity index (χ1v) is 37.6. The predicted molar refractivity (Wildman–Crippen MR) is 406 cm³/mol. The second-order valence-electron chi connectivity index (χ2n) is 35.8. The molecule has 26 heteroatoms. The lowest BCUT2D eigenvalue weighted by Gasteiger charge is -2.39. The SMILES string of the molecule is CC(C)(C)OC(=O)CN1CCN(CC(=O)OC(C)(C)C)CCN(CC(=O)OC(C)(C)C)C(c2ccc(COCCOCc3ccc(C4CN(CC(=O)OC(C)(C)C)CCN(CC(=O)OC(C)(C)C)CCN(CC(=O)OC(C)(C)C)CCN4CC(=O)OC(C)(C)C)cc3)cc2)CN(CC(=O)OC(C)(C)C)CC1. The van der Waals surface area contributed by atoms with Gasteiger partial charge in [-0.05, 0) is 188 Å². The topological polar surface area (TPSA) is 255 Å². The number of nitrogens with zero attached hydrogens (tertiary/aromatic N) is 8. The first-order valence-electron chi connectivity index (χ1n) is 37.6. The molecule has 602 valence electrons. The zero-order valence-corrected chi connectivity index (χ0v) is 69.1. The van der Waals surface area contributed by atoms with Crippen LogP contribution in [0.3, 0.4) is 0 Å². The molecule has 2 aliphatic heterocycles. The van der Waals surface area contributed by atoms with Crippen LogP contribution in [0, 0.1) is 0 Å². The zero-order chi connectivity index (χ0) is 79.8. The molecule has 0 radical (unpaired) electrons. The molecule has 2 aromatic carbocycles. The van der Waals surface area contributed by atoms with Crippen molar-refractivity contribution in [1.29, 1.82) is 0 Å².